The molecule has 2 aliphatic rings. The molecule has 1 saturated carbocycles. The van der Waals surface area contributed by atoms with Crippen LogP contribution in [0.4, 0.5) is 5.82 Å². The summed E-state index contributed by atoms with van der Waals surface area (Å²) in [5, 5.41) is 13.6. The Morgan fingerprint density at radius 2 is 2.17 bits per heavy atom. The SMILES string of the molecule is I.NC(=NCC1CCC2(CCOCC2)C1O)Nc1ccccn1. The quantitative estimate of drug-likeness (QED) is 0.386. The molecule has 0 radical (unpaired) electrons. The minimum atomic E-state index is -0.303. The molecule has 2 atom stereocenters. The predicted octanol–water partition coefficient (Wildman–Crippen LogP) is 1.99. The molecule has 4 N–H and O–H groups in total. The van der Waals surface area contributed by atoms with Gasteiger partial charge in [0.1, 0.15) is 5.82 Å². The summed E-state index contributed by atoms with van der Waals surface area (Å²) in [6.45, 7) is 2.07. The summed E-state index contributed by atoms with van der Waals surface area (Å²) in [7, 11) is 0. The van der Waals surface area contributed by atoms with Crippen molar-refractivity contribution in [2.45, 2.75) is 31.8 Å². The Bertz CT molecular complexity index is 520. The van der Waals surface area contributed by atoms with Gasteiger partial charge in [-0.25, -0.2) is 4.98 Å². The number of guanidine groups is 1. The van der Waals surface area contributed by atoms with Crippen molar-refractivity contribution in [1.29, 1.82) is 0 Å². The minimum Gasteiger partial charge on any atom is -0.392 e. The molecular weight excluding hydrogens is 407 g/mol. The highest BCUT2D eigenvalue weighted by Crippen LogP contribution is 2.48. The van der Waals surface area contributed by atoms with Gasteiger partial charge in [-0.15, -0.1) is 24.0 Å². The maximum atomic E-state index is 10.7. The average Bonchev–Trinajstić information content (AvgIpc) is 2.84. The first-order valence-corrected chi connectivity index (χ1v) is 7.93. The number of aliphatic hydroxyl groups excluding tert-OH is 1. The van der Waals surface area contributed by atoms with Crippen LogP contribution in [0.15, 0.2) is 29.4 Å². The van der Waals surface area contributed by atoms with Crippen molar-refractivity contribution >= 4 is 35.8 Å². The minimum absolute atomic E-state index is 0. The van der Waals surface area contributed by atoms with Crippen molar-refractivity contribution in [3.8, 4) is 0 Å². The normalized spacial score (nSPS) is 26.7. The molecule has 2 fully saturated rings. The van der Waals surface area contributed by atoms with E-state index < -0.39 is 0 Å². The smallest absolute Gasteiger partial charge is 0.194 e. The summed E-state index contributed by atoms with van der Waals surface area (Å²) in [5.74, 6) is 1.21. The number of pyridine rings is 1. The summed E-state index contributed by atoms with van der Waals surface area (Å²) >= 11 is 0. The van der Waals surface area contributed by atoms with Gasteiger partial charge in [0.05, 0.1) is 6.10 Å². The number of rotatable bonds is 3. The van der Waals surface area contributed by atoms with E-state index in [0.29, 0.717) is 18.3 Å². The number of hydrogen-bond acceptors (Lipinski definition) is 4. The number of anilines is 1. The van der Waals surface area contributed by atoms with E-state index in [4.69, 9.17) is 10.5 Å². The summed E-state index contributed by atoms with van der Waals surface area (Å²) in [5.41, 5.74) is 5.94. The highest BCUT2D eigenvalue weighted by atomic mass is 127. The molecule has 1 aromatic heterocycles. The largest absolute Gasteiger partial charge is 0.392 e. The van der Waals surface area contributed by atoms with E-state index in [1.54, 1.807) is 6.20 Å². The maximum absolute atomic E-state index is 10.7. The van der Waals surface area contributed by atoms with Crippen molar-refractivity contribution in [3.63, 3.8) is 0 Å². The van der Waals surface area contributed by atoms with E-state index in [2.05, 4.69) is 15.3 Å². The molecule has 1 spiro atoms. The first-order chi connectivity index (χ1) is 10.7. The number of aliphatic hydroxyl groups is 1. The van der Waals surface area contributed by atoms with Gasteiger partial charge in [0, 0.05) is 37.3 Å². The fraction of sp³-hybridized carbons (Fsp3) is 0.625. The third kappa shape index (κ3) is 4.33. The van der Waals surface area contributed by atoms with Gasteiger partial charge >= 0.3 is 0 Å². The molecule has 0 bridgehead atoms. The molecule has 128 valence electrons. The molecule has 2 unspecified atom stereocenters. The first kappa shape index (κ1) is 18.4. The summed E-state index contributed by atoms with van der Waals surface area (Å²) in [4.78, 5) is 8.53. The number of aromatic nitrogens is 1. The molecule has 1 aliphatic carbocycles. The lowest BCUT2D eigenvalue weighted by atomic mass is 9.76. The maximum Gasteiger partial charge on any atom is 0.194 e. The van der Waals surface area contributed by atoms with Crippen LogP contribution in [-0.4, -0.2) is 41.9 Å². The average molecular weight is 432 g/mol. The molecule has 6 nitrogen and oxygen atoms in total. The Balaban J connectivity index is 0.00000192. The number of nitrogens with zero attached hydrogens (tertiary/aromatic N) is 2. The van der Waals surface area contributed by atoms with Crippen LogP contribution in [0.3, 0.4) is 0 Å². The molecule has 7 heteroatoms. The van der Waals surface area contributed by atoms with Gasteiger partial charge in [-0.3, -0.25) is 4.99 Å². The topological polar surface area (TPSA) is 92.8 Å². The van der Waals surface area contributed by atoms with E-state index in [1.165, 1.54) is 0 Å². The number of halogens is 1. The van der Waals surface area contributed by atoms with Gasteiger partial charge in [0.15, 0.2) is 5.96 Å². The second kappa shape index (κ2) is 8.25. The zero-order valence-electron chi connectivity index (χ0n) is 13.1. The van der Waals surface area contributed by atoms with Crippen molar-refractivity contribution < 1.29 is 9.84 Å². The third-order valence-corrected chi connectivity index (χ3v) is 4.99. The van der Waals surface area contributed by atoms with Crippen molar-refractivity contribution in [2.75, 3.05) is 25.1 Å². The van der Waals surface area contributed by atoms with Crippen LogP contribution in [0.2, 0.25) is 0 Å². The number of aliphatic imine (C=N–C) groups is 1. The molecule has 2 heterocycles. The first-order valence-electron chi connectivity index (χ1n) is 7.93. The standard InChI is InChI=1S/C16H24N4O2.HI/c17-15(20-13-3-1-2-8-18-13)19-11-12-4-5-16(14(12)21)6-9-22-10-7-16;/h1-3,8,12,14,21H,4-7,9-11H2,(H3,17,18,19,20);1H. The molecule has 23 heavy (non-hydrogen) atoms. The van der Waals surface area contributed by atoms with Crippen molar-refractivity contribution in [2.24, 2.45) is 22.1 Å². The van der Waals surface area contributed by atoms with E-state index in [1.807, 2.05) is 18.2 Å². The van der Waals surface area contributed by atoms with Gasteiger partial charge in [-0.2, -0.15) is 0 Å². The zero-order valence-corrected chi connectivity index (χ0v) is 15.5. The molecule has 3 rings (SSSR count). The molecule has 1 saturated heterocycles. The fourth-order valence-electron chi connectivity index (χ4n) is 3.62. The van der Waals surface area contributed by atoms with Gasteiger partial charge < -0.3 is 20.9 Å². The predicted molar refractivity (Wildman–Crippen MR) is 101 cm³/mol. The van der Waals surface area contributed by atoms with Crippen molar-refractivity contribution in [3.05, 3.63) is 24.4 Å². The van der Waals surface area contributed by atoms with Gasteiger partial charge in [-0.1, -0.05) is 6.07 Å². The number of ether oxygens (including phenoxy) is 1. The van der Waals surface area contributed by atoms with Crippen LogP contribution in [-0.2, 0) is 4.74 Å². The Morgan fingerprint density at radius 3 is 2.87 bits per heavy atom. The monoisotopic (exact) mass is 432 g/mol. The third-order valence-electron chi connectivity index (χ3n) is 4.99. The van der Waals surface area contributed by atoms with Crippen LogP contribution in [0.1, 0.15) is 25.7 Å². The highest BCUT2D eigenvalue weighted by molar-refractivity contribution is 14.0. The summed E-state index contributed by atoms with van der Waals surface area (Å²) < 4.78 is 5.43. The van der Waals surface area contributed by atoms with Gasteiger partial charge in [0.25, 0.3) is 0 Å². The fourth-order valence-corrected chi connectivity index (χ4v) is 3.62. The van der Waals surface area contributed by atoms with Gasteiger partial charge in [-0.05, 0) is 37.8 Å². The number of nitrogens with one attached hydrogen (secondary N) is 1. The van der Waals surface area contributed by atoms with Crippen LogP contribution in [0, 0.1) is 11.3 Å². The second-order valence-corrected chi connectivity index (χ2v) is 6.28. The van der Waals surface area contributed by atoms with Crippen LogP contribution < -0.4 is 11.1 Å². The van der Waals surface area contributed by atoms with E-state index >= 15 is 0 Å². The van der Waals surface area contributed by atoms with E-state index in [9.17, 15) is 5.11 Å². The van der Waals surface area contributed by atoms with Crippen LogP contribution in [0.25, 0.3) is 0 Å². The number of nitrogens with two attached hydrogens (primary N) is 1. The Kier molecular flexibility index (Phi) is 6.60. The highest BCUT2D eigenvalue weighted by Gasteiger charge is 2.47. The lowest BCUT2D eigenvalue weighted by Crippen LogP contribution is -2.39. The van der Waals surface area contributed by atoms with Crippen LogP contribution >= 0.6 is 24.0 Å². The van der Waals surface area contributed by atoms with E-state index in [-0.39, 0.29) is 41.4 Å². The Morgan fingerprint density at radius 1 is 1.39 bits per heavy atom. The zero-order chi connectivity index (χ0) is 15.4. The lowest BCUT2D eigenvalue weighted by Gasteiger charge is -2.37. The Labute approximate surface area is 153 Å². The Hall–Kier alpha value is -0.930. The van der Waals surface area contributed by atoms with Crippen molar-refractivity contribution in [1.82, 2.24) is 4.98 Å². The summed E-state index contributed by atoms with van der Waals surface area (Å²) in [6, 6.07) is 5.57. The molecule has 1 aromatic rings. The lowest BCUT2D eigenvalue weighted by molar-refractivity contribution is -0.0548. The molecule has 0 aromatic carbocycles. The van der Waals surface area contributed by atoms with Crippen LogP contribution in [0.5, 0.6) is 0 Å². The number of hydrogen-bond donors (Lipinski definition) is 3. The molecule has 1 aliphatic heterocycles. The van der Waals surface area contributed by atoms with Gasteiger partial charge in [0.2, 0.25) is 0 Å². The summed E-state index contributed by atoms with van der Waals surface area (Å²) in [6.07, 6.45) is 5.37. The second-order valence-electron chi connectivity index (χ2n) is 6.28. The molecule has 0 amide bonds. The molecular formula is C16H25IN4O2. The van der Waals surface area contributed by atoms with E-state index in [0.717, 1.165) is 38.9 Å².